The van der Waals surface area contributed by atoms with Crippen molar-refractivity contribution in [1.29, 1.82) is 0 Å². The summed E-state index contributed by atoms with van der Waals surface area (Å²) in [5.41, 5.74) is 2.15. The number of ether oxygens (including phenoxy) is 1. The van der Waals surface area contributed by atoms with Gasteiger partial charge < -0.3 is 14.5 Å². The highest BCUT2D eigenvalue weighted by Gasteiger charge is 2.23. The first-order chi connectivity index (χ1) is 17.8. The van der Waals surface area contributed by atoms with Gasteiger partial charge in [-0.3, -0.25) is 9.69 Å². The number of nitrogens with zero attached hydrogens (tertiary/aromatic N) is 3. The Morgan fingerprint density at radius 1 is 0.722 bits per heavy atom. The second kappa shape index (κ2) is 12.4. The third-order valence-corrected chi connectivity index (χ3v) is 7.66. The number of fused-ring (bicyclic) bond motifs is 1. The molecular weight excluding hydrogens is 446 g/mol. The molecule has 0 aromatic heterocycles. The Morgan fingerprint density at radius 3 is 2.25 bits per heavy atom. The topological polar surface area (TPSA) is 36.0 Å². The molecule has 0 aliphatic carbocycles. The van der Waals surface area contributed by atoms with Gasteiger partial charge in [0, 0.05) is 44.8 Å². The molecule has 0 bridgehead atoms. The number of piperidine rings is 1. The number of hydrogen-bond acceptors (Lipinski definition) is 4. The van der Waals surface area contributed by atoms with Gasteiger partial charge in [0.15, 0.2) is 0 Å². The molecule has 0 radical (unpaired) electrons. The van der Waals surface area contributed by atoms with Crippen LogP contribution in [0, 0.1) is 0 Å². The highest BCUT2D eigenvalue weighted by atomic mass is 16.5. The molecule has 1 amide bonds. The van der Waals surface area contributed by atoms with E-state index in [4.69, 9.17) is 4.74 Å². The van der Waals surface area contributed by atoms with Gasteiger partial charge in [0.1, 0.15) is 5.75 Å². The quantitative estimate of drug-likeness (QED) is 0.395. The molecule has 0 atom stereocenters. The molecule has 2 saturated heterocycles. The van der Waals surface area contributed by atoms with Crippen molar-refractivity contribution in [1.82, 2.24) is 14.7 Å². The molecule has 0 spiro atoms. The lowest BCUT2D eigenvalue weighted by Gasteiger charge is -2.35. The summed E-state index contributed by atoms with van der Waals surface area (Å²) in [6, 6.07) is 22.8. The molecule has 0 saturated carbocycles. The number of amides is 1. The average Bonchev–Trinajstić information content (AvgIpc) is 2.95. The van der Waals surface area contributed by atoms with E-state index in [1.165, 1.54) is 37.9 Å². The third-order valence-electron chi connectivity index (χ3n) is 7.66. The summed E-state index contributed by atoms with van der Waals surface area (Å²) in [6.07, 6.45) is 6.20. The van der Waals surface area contributed by atoms with Crippen LogP contribution in [0.4, 0.5) is 0 Å². The van der Waals surface area contributed by atoms with E-state index in [0.29, 0.717) is 0 Å². The maximum Gasteiger partial charge on any atom is 0.254 e. The van der Waals surface area contributed by atoms with Gasteiger partial charge in [0.05, 0.1) is 6.61 Å². The van der Waals surface area contributed by atoms with Crippen LogP contribution in [0.1, 0.15) is 41.6 Å². The van der Waals surface area contributed by atoms with Crippen LogP contribution in [0.3, 0.4) is 0 Å². The number of benzene rings is 3. The first-order valence-corrected chi connectivity index (χ1v) is 13.7. The predicted octanol–water partition coefficient (Wildman–Crippen LogP) is 5.10. The molecule has 0 N–H and O–H groups in total. The zero-order valence-electron chi connectivity index (χ0n) is 21.4. The van der Waals surface area contributed by atoms with Crippen LogP contribution in [0.25, 0.3) is 10.8 Å². The number of likely N-dealkylation sites (tertiary alicyclic amines) is 1. The number of carbonyl (C=O) groups is 1. The van der Waals surface area contributed by atoms with E-state index in [0.717, 1.165) is 80.8 Å². The monoisotopic (exact) mass is 485 g/mol. The second-order valence-corrected chi connectivity index (χ2v) is 10.2. The number of piperazine rings is 1. The Bertz CT molecular complexity index is 1110. The summed E-state index contributed by atoms with van der Waals surface area (Å²) in [5.74, 6) is 1.12. The van der Waals surface area contributed by atoms with Crippen LogP contribution in [-0.4, -0.2) is 79.6 Å². The summed E-state index contributed by atoms with van der Waals surface area (Å²) in [4.78, 5) is 20.2. The Balaban J connectivity index is 1.02. The smallest absolute Gasteiger partial charge is 0.254 e. The van der Waals surface area contributed by atoms with E-state index in [1.807, 2.05) is 35.2 Å². The standard InChI is InChI=1S/C31H39N3O2/c35-31(30-11-6-9-27-8-2-3-10-29(27)30)34-23-21-33(22-24-34)20-16-26-12-14-28(15-13-26)36-25-7-19-32-17-4-1-5-18-32/h2-3,6,8-15H,1,4-5,7,16-25H2. The fourth-order valence-electron chi connectivity index (χ4n) is 5.46. The molecule has 3 aromatic carbocycles. The normalized spacial score (nSPS) is 17.4. The van der Waals surface area contributed by atoms with Gasteiger partial charge >= 0.3 is 0 Å². The van der Waals surface area contributed by atoms with Crippen molar-refractivity contribution in [2.45, 2.75) is 32.1 Å². The zero-order valence-corrected chi connectivity index (χ0v) is 21.4. The summed E-state index contributed by atoms with van der Waals surface area (Å²) < 4.78 is 5.97. The predicted molar refractivity (Wildman–Crippen MR) is 147 cm³/mol. The van der Waals surface area contributed by atoms with Crippen LogP contribution < -0.4 is 4.74 Å². The van der Waals surface area contributed by atoms with Crippen molar-refractivity contribution < 1.29 is 9.53 Å². The molecule has 0 unspecified atom stereocenters. The van der Waals surface area contributed by atoms with E-state index in [2.05, 4.69) is 46.2 Å². The maximum absolute atomic E-state index is 13.2. The van der Waals surface area contributed by atoms with Crippen molar-refractivity contribution in [3.8, 4) is 5.75 Å². The molecule has 190 valence electrons. The van der Waals surface area contributed by atoms with Gasteiger partial charge in [-0.25, -0.2) is 0 Å². The van der Waals surface area contributed by atoms with Crippen LogP contribution in [0.5, 0.6) is 5.75 Å². The van der Waals surface area contributed by atoms with E-state index < -0.39 is 0 Å². The minimum Gasteiger partial charge on any atom is -0.494 e. The Morgan fingerprint density at radius 2 is 1.44 bits per heavy atom. The average molecular weight is 486 g/mol. The Hall–Kier alpha value is -2.89. The molecule has 36 heavy (non-hydrogen) atoms. The van der Waals surface area contributed by atoms with Gasteiger partial charge in [-0.15, -0.1) is 0 Å². The highest BCUT2D eigenvalue weighted by molar-refractivity contribution is 6.07. The van der Waals surface area contributed by atoms with E-state index in [9.17, 15) is 4.79 Å². The SMILES string of the molecule is O=C(c1cccc2ccccc12)N1CCN(CCc2ccc(OCCCN3CCCCC3)cc2)CC1. The van der Waals surface area contributed by atoms with Crippen molar-refractivity contribution in [3.63, 3.8) is 0 Å². The molecular formula is C31H39N3O2. The molecule has 5 rings (SSSR count). The minimum absolute atomic E-state index is 0.151. The Labute approximate surface area is 215 Å². The minimum atomic E-state index is 0.151. The second-order valence-electron chi connectivity index (χ2n) is 10.2. The summed E-state index contributed by atoms with van der Waals surface area (Å²) >= 11 is 0. The molecule has 5 heteroatoms. The van der Waals surface area contributed by atoms with Crippen molar-refractivity contribution in [3.05, 3.63) is 77.9 Å². The summed E-state index contributed by atoms with van der Waals surface area (Å²) in [7, 11) is 0. The van der Waals surface area contributed by atoms with Gasteiger partial charge in [-0.1, -0.05) is 55.0 Å². The summed E-state index contributed by atoms with van der Waals surface area (Å²) in [6.45, 7) is 8.89. The molecule has 2 aliphatic heterocycles. The van der Waals surface area contributed by atoms with Gasteiger partial charge in [0.2, 0.25) is 0 Å². The third kappa shape index (κ3) is 6.45. The molecule has 2 heterocycles. The highest BCUT2D eigenvalue weighted by Crippen LogP contribution is 2.21. The molecule has 5 nitrogen and oxygen atoms in total. The number of rotatable bonds is 9. The summed E-state index contributed by atoms with van der Waals surface area (Å²) in [5, 5.41) is 2.16. The van der Waals surface area contributed by atoms with E-state index in [1.54, 1.807) is 0 Å². The number of hydrogen-bond donors (Lipinski definition) is 0. The first-order valence-electron chi connectivity index (χ1n) is 13.7. The number of carbonyl (C=O) groups excluding carboxylic acids is 1. The Kier molecular flexibility index (Phi) is 8.52. The lowest BCUT2D eigenvalue weighted by Crippen LogP contribution is -2.49. The lowest BCUT2D eigenvalue weighted by atomic mass is 10.0. The largest absolute Gasteiger partial charge is 0.494 e. The van der Waals surface area contributed by atoms with E-state index in [-0.39, 0.29) is 5.91 Å². The maximum atomic E-state index is 13.2. The van der Waals surface area contributed by atoms with Gasteiger partial charge in [-0.05, 0) is 73.3 Å². The van der Waals surface area contributed by atoms with Crippen molar-refractivity contribution in [2.75, 3.05) is 59.0 Å². The van der Waals surface area contributed by atoms with Crippen LogP contribution in [-0.2, 0) is 6.42 Å². The van der Waals surface area contributed by atoms with Crippen LogP contribution in [0.2, 0.25) is 0 Å². The molecule has 2 aliphatic rings. The molecule has 3 aromatic rings. The van der Waals surface area contributed by atoms with E-state index >= 15 is 0 Å². The van der Waals surface area contributed by atoms with Crippen LogP contribution >= 0.6 is 0 Å². The first kappa shape index (κ1) is 24.8. The fourth-order valence-corrected chi connectivity index (χ4v) is 5.46. The van der Waals surface area contributed by atoms with Crippen LogP contribution in [0.15, 0.2) is 66.7 Å². The van der Waals surface area contributed by atoms with Gasteiger partial charge in [0.25, 0.3) is 5.91 Å². The lowest BCUT2D eigenvalue weighted by molar-refractivity contribution is 0.0640. The molecule has 2 fully saturated rings. The van der Waals surface area contributed by atoms with Crippen molar-refractivity contribution >= 4 is 16.7 Å². The van der Waals surface area contributed by atoms with Crippen molar-refractivity contribution in [2.24, 2.45) is 0 Å². The zero-order chi connectivity index (χ0) is 24.6. The fraction of sp³-hybridized carbons (Fsp3) is 0.452. The van der Waals surface area contributed by atoms with Gasteiger partial charge in [-0.2, -0.15) is 0 Å².